The summed E-state index contributed by atoms with van der Waals surface area (Å²) in [6.07, 6.45) is 1.77. The Bertz CT molecular complexity index is 499. The van der Waals surface area contributed by atoms with E-state index < -0.39 is 12.1 Å². The summed E-state index contributed by atoms with van der Waals surface area (Å²) in [6.45, 7) is 0.155. The van der Waals surface area contributed by atoms with E-state index in [1.807, 2.05) is 30.3 Å². The summed E-state index contributed by atoms with van der Waals surface area (Å²) in [5.74, 6) is -0.662. The van der Waals surface area contributed by atoms with Crippen molar-refractivity contribution in [1.29, 1.82) is 0 Å². The van der Waals surface area contributed by atoms with Crippen LogP contribution in [0, 0.1) is 0 Å². The van der Waals surface area contributed by atoms with Crippen LogP contribution < -0.4 is 0 Å². The van der Waals surface area contributed by atoms with Crippen LogP contribution in [0.5, 0.6) is 0 Å². The Morgan fingerprint density at radius 3 is 2.50 bits per heavy atom. The Morgan fingerprint density at radius 1 is 1.17 bits per heavy atom. The predicted octanol–water partition coefficient (Wildman–Crippen LogP) is 1.86. The number of benzene rings is 1. The summed E-state index contributed by atoms with van der Waals surface area (Å²) in [5.41, 5.74) is 1.36. The molecule has 4 nitrogen and oxygen atoms in total. The molecule has 4 heteroatoms. The molecule has 0 aliphatic rings. The van der Waals surface area contributed by atoms with Crippen LogP contribution in [0.1, 0.15) is 17.2 Å². The molecule has 0 saturated carbocycles. The Labute approximate surface area is 105 Å². The zero-order chi connectivity index (χ0) is 12.8. The van der Waals surface area contributed by atoms with Gasteiger partial charge in [-0.1, -0.05) is 30.3 Å². The number of pyridine rings is 1. The van der Waals surface area contributed by atoms with Gasteiger partial charge in [-0.05, 0) is 23.3 Å². The third-order valence-electron chi connectivity index (χ3n) is 2.47. The van der Waals surface area contributed by atoms with Crippen LogP contribution in [0.3, 0.4) is 0 Å². The average molecular weight is 243 g/mol. The molecule has 2 rings (SSSR count). The molecule has 1 N–H and O–H groups in total. The molecule has 1 aromatic heterocycles. The third-order valence-corrected chi connectivity index (χ3v) is 2.47. The van der Waals surface area contributed by atoms with Crippen molar-refractivity contribution < 1.29 is 14.6 Å². The summed E-state index contributed by atoms with van der Waals surface area (Å²) < 4.78 is 5.03. The minimum Gasteiger partial charge on any atom is -0.459 e. The van der Waals surface area contributed by atoms with Gasteiger partial charge < -0.3 is 9.84 Å². The van der Waals surface area contributed by atoms with Gasteiger partial charge in [0.2, 0.25) is 0 Å². The number of nitrogens with zero attached hydrogens (tertiary/aromatic N) is 1. The third kappa shape index (κ3) is 3.15. The van der Waals surface area contributed by atoms with Crippen molar-refractivity contribution in [3.63, 3.8) is 0 Å². The van der Waals surface area contributed by atoms with Crippen molar-refractivity contribution in [2.75, 3.05) is 0 Å². The first-order chi connectivity index (χ1) is 8.77. The van der Waals surface area contributed by atoms with Crippen LogP contribution >= 0.6 is 0 Å². The lowest BCUT2D eigenvalue weighted by atomic mass is 10.1. The van der Waals surface area contributed by atoms with Crippen LogP contribution in [0.4, 0.5) is 0 Å². The van der Waals surface area contributed by atoms with Crippen LogP contribution in [0.2, 0.25) is 0 Å². The SMILES string of the molecule is O=C(OCc1ccccc1)C(O)c1ccncc1. The maximum absolute atomic E-state index is 11.6. The maximum Gasteiger partial charge on any atom is 0.339 e. The molecule has 0 aliphatic heterocycles. The van der Waals surface area contributed by atoms with E-state index in [4.69, 9.17) is 4.74 Å². The number of hydrogen-bond donors (Lipinski definition) is 1. The molecule has 18 heavy (non-hydrogen) atoms. The molecular weight excluding hydrogens is 230 g/mol. The fourth-order valence-corrected chi connectivity index (χ4v) is 1.49. The molecule has 1 heterocycles. The van der Waals surface area contributed by atoms with Crippen molar-refractivity contribution in [1.82, 2.24) is 4.98 Å². The van der Waals surface area contributed by atoms with E-state index in [-0.39, 0.29) is 6.61 Å². The van der Waals surface area contributed by atoms with Gasteiger partial charge in [-0.15, -0.1) is 0 Å². The first-order valence-electron chi connectivity index (χ1n) is 5.56. The Morgan fingerprint density at radius 2 is 1.83 bits per heavy atom. The van der Waals surface area contributed by atoms with Crippen LogP contribution in [0.15, 0.2) is 54.9 Å². The lowest BCUT2D eigenvalue weighted by Gasteiger charge is -2.10. The van der Waals surface area contributed by atoms with Gasteiger partial charge >= 0.3 is 5.97 Å². The van der Waals surface area contributed by atoms with Crippen LogP contribution in [-0.2, 0) is 16.1 Å². The van der Waals surface area contributed by atoms with E-state index in [1.165, 1.54) is 12.4 Å². The number of hydrogen-bond acceptors (Lipinski definition) is 4. The first-order valence-corrected chi connectivity index (χ1v) is 5.56. The minimum absolute atomic E-state index is 0.155. The molecule has 1 unspecified atom stereocenters. The van der Waals surface area contributed by atoms with Crippen molar-refractivity contribution in [2.24, 2.45) is 0 Å². The van der Waals surface area contributed by atoms with E-state index >= 15 is 0 Å². The molecule has 0 saturated heterocycles. The molecule has 0 spiro atoms. The van der Waals surface area contributed by atoms with E-state index in [0.29, 0.717) is 5.56 Å². The normalized spacial score (nSPS) is 11.8. The number of aliphatic hydroxyl groups is 1. The van der Waals surface area contributed by atoms with Gasteiger partial charge in [-0.25, -0.2) is 4.79 Å². The number of ether oxygens (including phenoxy) is 1. The summed E-state index contributed by atoms with van der Waals surface area (Å²) >= 11 is 0. The van der Waals surface area contributed by atoms with Crippen molar-refractivity contribution in [2.45, 2.75) is 12.7 Å². The molecule has 0 aliphatic carbocycles. The van der Waals surface area contributed by atoms with Gasteiger partial charge in [0.1, 0.15) is 6.61 Å². The van der Waals surface area contributed by atoms with Crippen molar-refractivity contribution in [3.8, 4) is 0 Å². The number of aromatic nitrogens is 1. The van der Waals surface area contributed by atoms with Gasteiger partial charge in [-0.2, -0.15) is 0 Å². The van der Waals surface area contributed by atoms with E-state index in [2.05, 4.69) is 4.98 Å². The second-order valence-electron chi connectivity index (χ2n) is 3.78. The summed E-state index contributed by atoms with van der Waals surface area (Å²) in [6, 6.07) is 12.5. The second kappa shape index (κ2) is 5.93. The zero-order valence-electron chi connectivity index (χ0n) is 9.69. The van der Waals surface area contributed by atoms with Gasteiger partial charge in [-0.3, -0.25) is 4.98 Å². The lowest BCUT2D eigenvalue weighted by Crippen LogP contribution is -2.15. The standard InChI is InChI=1S/C14H13NO3/c16-13(12-6-8-15-9-7-12)14(17)18-10-11-4-2-1-3-5-11/h1-9,13,16H,10H2. The molecular formula is C14H13NO3. The first kappa shape index (κ1) is 12.3. The van der Waals surface area contributed by atoms with Crippen molar-refractivity contribution in [3.05, 3.63) is 66.0 Å². The largest absolute Gasteiger partial charge is 0.459 e. The summed E-state index contributed by atoms with van der Waals surface area (Å²) in [5, 5.41) is 9.76. The highest BCUT2D eigenvalue weighted by atomic mass is 16.5. The van der Waals surface area contributed by atoms with E-state index in [0.717, 1.165) is 5.56 Å². The molecule has 0 bridgehead atoms. The second-order valence-corrected chi connectivity index (χ2v) is 3.78. The van der Waals surface area contributed by atoms with Gasteiger partial charge in [0.25, 0.3) is 0 Å². The molecule has 0 radical (unpaired) electrons. The Balaban J connectivity index is 1.93. The Hall–Kier alpha value is -2.20. The van der Waals surface area contributed by atoms with Gasteiger partial charge in [0.05, 0.1) is 0 Å². The topological polar surface area (TPSA) is 59.4 Å². The Kier molecular flexibility index (Phi) is 4.04. The highest BCUT2D eigenvalue weighted by molar-refractivity contribution is 5.76. The quantitative estimate of drug-likeness (QED) is 0.833. The fraction of sp³-hybridized carbons (Fsp3) is 0.143. The molecule has 1 aromatic carbocycles. The highest BCUT2D eigenvalue weighted by Crippen LogP contribution is 2.14. The number of rotatable bonds is 4. The van der Waals surface area contributed by atoms with E-state index in [1.54, 1.807) is 12.1 Å². The molecule has 2 aromatic rings. The fourth-order valence-electron chi connectivity index (χ4n) is 1.49. The summed E-state index contributed by atoms with van der Waals surface area (Å²) in [7, 11) is 0. The van der Waals surface area contributed by atoms with Crippen LogP contribution in [-0.4, -0.2) is 16.1 Å². The minimum atomic E-state index is -1.27. The molecule has 0 amide bonds. The molecule has 0 fully saturated rings. The predicted molar refractivity (Wildman–Crippen MR) is 65.4 cm³/mol. The number of aliphatic hydroxyl groups excluding tert-OH is 1. The van der Waals surface area contributed by atoms with Crippen molar-refractivity contribution >= 4 is 5.97 Å². The van der Waals surface area contributed by atoms with Crippen LogP contribution in [0.25, 0.3) is 0 Å². The molecule has 92 valence electrons. The maximum atomic E-state index is 11.6. The average Bonchev–Trinajstić information content (AvgIpc) is 2.46. The molecule has 1 atom stereocenters. The number of carbonyl (C=O) groups is 1. The number of esters is 1. The number of carbonyl (C=O) groups excluding carboxylic acids is 1. The smallest absolute Gasteiger partial charge is 0.339 e. The highest BCUT2D eigenvalue weighted by Gasteiger charge is 2.18. The lowest BCUT2D eigenvalue weighted by molar-refractivity contribution is -0.155. The van der Waals surface area contributed by atoms with Gasteiger partial charge in [0, 0.05) is 12.4 Å². The monoisotopic (exact) mass is 243 g/mol. The summed E-state index contributed by atoms with van der Waals surface area (Å²) in [4.78, 5) is 15.4. The zero-order valence-corrected chi connectivity index (χ0v) is 9.69. The van der Waals surface area contributed by atoms with Gasteiger partial charge in [0.15, 0.2) is 6.10 Å². The van der Waals surface area contributed by atoms with E-state index in [9.17, 15) is 9.90 Å².